The fourth-order valence-electron chi connectivity index (χ4n) is 1.16. The van der Waals surface area contributed by atoms with Gasteiger partial charge in [-0.1, -0.05) is 6.07 Å². The van der Waals surface area contributed by atoms with Gasteiger partial charge in [0.1, 0.15) is 0 Å². The summed E-state index contributed by atoms with van der Waals surface area (Å²) in [6.07, 6.45) is -0.572. The van der Waals surface area contributed by atoms with Gasteiger partial charge in [-0.3, -0.25) is 0 Å². The van der Waals surface area contributed by atoms with Crippen molar-refractivity contribution in [2.24, 2.45) is 0 Å². The predicted octanol–water partition coefficient (Wildman–Crippen LogP) is 1.88. The van der Waals surface area contributed by atoms with Gasteiger partial charge >= 0.3 is 0 Å². The lowest BCUT2D eigenvalue weighted by atomic mass is 10.1. The van der Waals surface area contributed by atoms with Crippen LogP contribution >= 0.6 is 11.6 Å². The Kier molecular flexibility index (Phi) is 4.41. The van der Waals surface area contributed by atoms with Crippen molar-refractivity contribution in [1.29, 1.82) is 5.26 Å². The third-order valence-corrected chi connectivity index (χ3v) is 2.43. The molecule has 0 aliphatic carbocycles. The summed E-state index contributed by atoms with van der Waals surface area (Å²) in [4.78, 5) is 0. The van der Waals surface area contributed by atoms with Gasteiger partial charge in [0.25, 0.3) is 0 Å². The summed E-state index contributed by atoms with van der Waals surface area (Å²) < 4.78 is 0. The second-order valence-corrected chi connectivity index (χ2v) is 3.64. The Labute approximate surface area is 94.3 Å². The van der Waals surface area contributed by atoms with E-state index in [9.17, 15) is 5.11 Å². The molecule has 80 valence electrons. The number of halogens is 1. The van der Waals surface area contributed by atoms with Gasteiger partial charge in [-0.15, -0.1) is 11.6 Å². The number of nitrogens with one attached hydrogen (secondary N) is 1. The molecule has 0 heterocycles. The summed E-state index contributed by atoms with van der Waals surface area (Å²) in [6.45, 7) is 2.33. The summed E-state index contributed by atoms with van der Waals surface area (Å²) in [5.74, 6) is 0.198. The summed E-state index contributed by atoms with van der Waals surface area (Å²) in [5, 5.41) is 21.1. The van der Waals surface area contributed by atoms with Crippen LogP contribution in [-0.4, -0.2) is 23.6 Å². The van der Waals surface area contributed by atoms with E-state index in [1.807, 2.05) is 13.0 Å². The number of aliphatic hydroxyl groups excluding tert-OH is 1. The first kappa shape index (κ1) is 11.8. The minimum absolute atomic E-state index is 0.198. The van der Waals surface area contributed by atoms with Crippen molar-refractivity contribution < 1.29 is 5.11 Å². The molecule has 1 aromatic carbocycles. The van der Waals surface area contributed by atoms with E-state index >= 15 is 0 Å². The average Bonchev–Trinajstić information content (AvgIpc) is 2.27. The van der Waals surface area contributed by atoms with Crippen LogP contribution in [0.3, 0.4) is 0 Å². The van der Waals surface area contributed by atoms with Crippen LogP contribution in [-0.2, 0) is 0 Å². The molecule has 0 aliphatic rings. The smallest absolute Gasteiger partial charge is 0.0992 e. The van der Waals surface area contributed by atoms with E-state index in [-0.39, 0.29) is 5.88 Å². The Morgan fingerprint density at radius 1 is 1.60 bits per heavy atom. The van der Waals surface area contributed by atoms with Crippen LogP contribution in [0, 0.1) is 18.3 Å². The highest BCUT2D eigenvalue weighted by atomic mass is 35.5. The molecule has 1 aromatic rings. The molecule has 15 heavy (non-hydrogen) atoms. The van der Waals surface area contributed by atoms with E-state index in [0.717, 1.165) is 11.3 Å². The highest BCUT2D eigenvalue weighted by Gasteiger charge is 2.04. The molecule has 0 bridgehead atoms. The molecule has 0 aromatic heterocycles. The quantitative estimate of drug-likeness (QED) is 0.768. The first-order valence-electron chi connectivity index (χ1n) is 4.66. The van der Waals surface area contributed by atoms with Crippen LogP contribution in [0.4, 0.5) is 5.69 Å². The van der Waals surface area contributed by atoms with Crippen molar-refractivity contribution in [2.75, 3.05) is 17.7 Å². The number of nitriles is 1. The molecule has 3 nitrogen and oxygen atoms in total. The van der Waals surface area contributed by atoms with Crippen LogP contribution in [0.2, 0.25) is 0 Å². The number of aliphatic hydroxyl groups is 1. The zero-order chi connectivity index (χ0) is 11.3. The van der Waals surface area contributed by atoms with Crippen LogP contribution in [0.15, 0.2) is 18.2 Å². The fourth-order valence-corrected chi connectivity index (χ4v) is 1.27. The van der Waals surface area contributed by atoms with Gasteiger partial charge < -0.3 is 10.4 Å². The molecule has 0 radical (unpaired) electrons. The van der Waals surface area contributed by atoms with E-state index in [1.54, 1.807) is 12.1 Å². The first-order valence-corrected chi connectivity index (χ1v) is 5.19. The molecule has 0 amide bonds. The Balaban J connectivity index is 2.72. The first-order chi connectivity index (χ1) is 7.17. The van der Waals surface area contributed by atoms with Crippen molar-refractivity contribution >= 4 is 17.3 Å². The third-order valence-electron chi connectivity index (χ3n) is 2.07. The highest BCUT2D eigenvalue weighted by Crippen LogP contribution is 2.16. The van der Waals surface area contributed by atoms with E-state index < -0.39 is 6.10 Å². The number of hydrogen-bond donors (Lipinski definition) is 2. The van der Waals surface area contributed by atoms with Gasteiger partial charge in [0.2, 0.25) is 0 Å². The van der Waals surface area contributed by atoms with Crippen molar-refractivity contribution in [1.82, 2.24) is 0 Å². The number of nitrogens with zero attached hydrogens (tertiary/aromatic N) is 1. The Hall–Kier alpha value is -1.24. The zero-order valence-corrected chi connectivity index (χ0v) is 9.25. The van der Waals surface area contributed by atoms with Crippen molar-refractivity contribution in [3.8, 4) is 6.07 Å². The number of rotatable bonds is 4. The van der Waals surface area contributed by atoms with Crippen molar-refractivity contribution in [3.63, 3.8) is 0 Å². The number of alkyl halides is 1. The lowest BCUT2D eigenvalue weighted by molar-refractivity contribution is 0.211. The molecular formula is C11H13ClN2O. The summed E-state index contributed by atoms with van der Waals surface area (Å²) >= 11 is 5.47. The molecular weight excluding hydrogens is 212 g/mol. The van der Waals surface area contributed by atoms with Crippen LogP contribution in [0.1, 0.15) is 11.1 Å². The minimum Gasteiger partial charge on any atom is -0.390 e. The number of aryl methyl sites for hydroxylation is 1. The molecule has 4 heteroatoms. The summed E-state index contributed by atoms with van der Waals surface area (Å²) in [6, 6.07) is 7.46. The van der Waals surface area contributed by atoms with Crippen LogP contribution in [0.5, 0.6) is 0 Å². The van der Waals surface area contributed by atoms with E-state index in [2.05, 4.69) is 11.4 Å². The Morgan fingerprint density at radius 3 is 2.93 bits per heavy atom. The molecule has 0 saturated carbocycles. The lowest BCUT2D eigenvalue weighted by Gasteiger charge is -2.12. The van der Waals surface area contributed by atoms with Gasteiger partial charge in [-0.2, -0.15) is 5.26 Å². The number of hydrogen-bond acceptors (Lipinski definition) is 3. The molecule has 1 rings (SSSR count). The molecule has 1 unspecified atom stereocenters. The van der Waals surface area contributed by atoms with E-state index in [4.69, 9.17) is 16.9 Å². The van der Waals surface area contributed by atoms with Gasteiger partial charge in [0.05, 0.1) is 23.6 Å². The molecule has 0 spiro atoms. The predicted molar refractivity (Wildman–Crippen MR) is 61.1 cm³/mol. The monoisotopic (exact) mass is 224 g/mol. The zero-order valence-electron chi connectivity index (χ0n) is 8.50. The number of anilines is 1. The van der Waals surface area contributed by atoms with Crippen LogP contribution in [0.25, 0.3) is 0 Å². The maximum atomic E-state index is 9.28. The summed E-state index contributed by atoms with van der Waals surface area (Å²) in [5.41, 5.74) is 2.50. The minimum atomic E-state index is -0.572. The van der Waals surface area contributed by atoms with Gasteiger partial charge in [-0.05, 0) is 24.6 Å². The van der Waals surface area contributed by atoms with Crippen molar-refractivity contribution in [3.05, 3.63) is 29.3 Å². The highest BCUT2D eigenvalue weighted by molar-refractivity contribution is 6.18. The SMILES string of the molecule is Cc1ccc(C#N)cc1NCC(O)CCl. The molecule has 2 N–H and O–H groups in total. The average molecular weight is 225 g/mol. The van der Waals surface area contributed by atoms with Gasteiger partial charge in [0, 0.05) is 12.2 Å². The van der Waals surface area contributed by atoms with E-state index in [1.165, 1.54) is 0 Å². The number of benzene rings is 1. The molecule has 0 fully saturated rings. The lowest BCUT2D eigenvalue weighted by Crippen LogP contribution is -2.21. The Morgan fingerprint density at radius 2 is 2.33 bits per heavy atom. The van der Waals surface area contributed by atoms with Crippen molar-refractivity contribution in [2.45, 2.75) is 13.0 Å². The topological polar surface area (TPSA) is 56.0 Å². The molecule has 0 saturated heterocycles. The van der Waals surface area contributed by atoms with E-state index in [0.29, 0.717) is 12.1 Å². The molecule has 1 atom stereocenters. The van der Waals surface area contributed by atoms with Crippen LogP contribution < -0.4 is 5.32 Å². The molecule has 0 aliphatic heterocycles. The largest absolute Gasteiger partial charge is 0.390 e. The summed E-state index contributed by atoms with van der Waals surface area (Å²) in [7, 11) is 0. The third kappa shape index (κ3) is 3.43. The normalized spacial score (nSPS) is 11.9. The second-order valence-electron chi connectivity index (χ2n) is 3.33. The van der Waals surface area contributed by atoms with Gasteiger partial charge in [-0.25, -0.2) is 0 Å². The fraction of sp³-hybridized carbons (Fsp3) is 0.364. The maximum absolute atomic E-state index is 9.28. The Bertz CT molecular complexity index is 373. The second kappa shape index (κ2) is 5.59. The maximum Gasteiger partial charge on any atom is 0.0992 e. The standard InChI is InChI=1S/C11H13ClN2O/c1-8-2-3-9(6-13)4-11(8)14-7-10(15)5-12/h2-4,10,14-15H,5,7H2,1H3. The van der Waals surface area contributed by atoms with Gasteiger partial charge in [0.15, 0.2) is 0 Å².